The number of benzene rings is 1. The van der Waals surface area contributed by atoms with Gasteiger partial charge in [0.1, 0.15) is 18.5 Å². The van der Waals surface area contributed by atoms with Crippen LogP contribution in [0, 0.1) is 5.82 Å². The van der Waals surface area contributed by atoms with Gasteiger partial charge in [0.2, 0.25) is 0 Å². The highest BCUT2D eigenvalue weighted by molar-refractivity contribution is 5.95. The summed E-state index contributed by atoms with van der Waals surface area (Å²) < 4.78 is 16.4. The Balaban J connectivity index is 1.55. The molecule has 1 N–H and O–H groups in total. The third kappa shape index (κ3) is 3.75. The summed E-state index contributed by atoms with van der Waals surface area (Å²) in [6, 6.07) is 9.65. The van der Waals surface area contributed by atoms with Crippen LogP contribution in [0.4, 0.5) is 4.39 Å². The number of aromatic nitrogens is 6. The van der Waals surface area contributed by atoms with Gasteiger partial charge in [0.05, 0.1) is 23.1 Å². The van der Waals surface area contributed by atoms with E-state index in [9.17, 15) is 9.18 Å². The molecule has 0 fully saturated rings. The van der Waals surface area contributed by atoms with Crippen LogP contribution in [0.3, 0.4) is 0 Å². The molecule has 3 aromatic heterocycles. The third-order valence-corrected chi connectivity index (χ3v) is 4.46. The molecule has 4 rings (SSSR count). The number of amides is 1. The van der Waals surface area contributed by atoms with Gasteiger partial charge in [-0.2, -0.15) is 10.2 Å². The minimum absolute atomic E-state index is 0.247. The van der Waals surface area contributed by atoms with E-state index in [1.807, 2.05) is 13.0 Å². The van der Waals surface area contributed by atoms with Crippen LogP contribution in [0.15, 0.2) is 61.4 Å². The third-order valence-electron chi connectivity index (χ3n) is 4.46. The molecule has 3 heterocycles. The van der Waals surface area contributed by atoms with Crippen LogP contribution in [0.2, 0.25) is 0 Å². The van der Waals surface area contributed by atoms with E-state index in [4.69, 9.17) is 0 Å². The van der Waals surface area contributed by atoms with E-state index in [0.29, 0.717) is 23.5 Å². The first-order chi connectivity index (χ1) is 14.2. The second kappa shape index (κ2) is 8.01. The molecule has 146 valence electrons. The van der Waals surface area contributed by atoms with E-state index < -0.39 is 0 Å². The SMILES string of the molecule is CCc1c(C(=O)NCc2cccnc2-n2cncn2)cnn1-c1ccc(F)cc1. The molecule has 1 amide bonds. The van der Waals surface area contributed by atoms with Crippen LogP contribution in [-0.4, -0.2) is 35.4 Å². The maximum atomic E-state index is 13.2. The van der Waals surface area contributed by atoms with Gasteiger partial charge in [-0.3, -0.25) is 4.79 Å². The molecule has 0 aliphatic carbocycles. The largest absolute Gasteiger partial charge is 0.348 e. The van der Waals surface area contributed by atoms with E-state index in [2.05, 4.69) is 25.5 Å². The maximum absolute atomic E-state index is 13.2. The molecular formula is C20H18FN7O. The Bertz CT molecular complexity index is 1120. The van der Waals surface area contributed by atoms with Crippen molar-refractivity contribution in [2.24, 2.45) is 0 Å². The van der Waals surface area contributed by atoms with E-state index >= 15 is 0 Å². The van der Waals surface area contributed by atoms with Crippen molar-refractivity contribution in [1.29, 1.82) is 0 Å². The summed E-state index contributed by atoms with van der Waals surface area (Å²) in [6.45, 7) is 2.21. The number of carbonyl (C=O) groups is 1. The van der Waals surface area contributed by atoms with Crippen LogP contribution >= 0.6 is 0 Å². The average molecular weight is 391 g/mol. The first kappa shape index (κ1) is 18.5. The molecular weight excluding hydrogens is 373 g/mol. The molecule has 1 aromatic carbocycles. The van der Waals surface area contributed by atoms with Crippen LogP contribution in [0.5, 0.6) is 0 Å². The van der Waals surface area contributed by atoms with E-state index in [0.717, 1.165) is 11.3 Å². The van der Waals surface area contributed by atoms with Crippen molar-refractivity contribution in [2.45, 2.75) is 19.9 Å². The van der Waals surface area contributed by atoms with Gasteiger partial charge < -0.3 is 5.32 Å². The molecule has 0 bridgehead atoms. The predicted molar refractivity (Wildman–Crippen MR) is 103 cm³/mol. The van der Waals surface area contributed by atoms with Gasteiger partial charge in [-0.1, -0.05) is 13.0 Å². The standard InChI is InChI=1S/C20H18FN7O/c1-2-18-17(11-25-28(18)16-7-5-15(21)6-8-16)20(29)24-10-14-4-3-9-23-19(14)27-13-22-12-26-27/h3-9,11-13H,2,10H2,1H3,(H,24,29). The Labute approximate surface area is 166 Å². The zero-order chi connectivity index (χ0) is 20.2. The summed E-state index contributed by atoms with van der Waals surface area (Å²) in [4.78, 5) is 21.1. The molecule has 8 nitrogen and oxygen atoms in total. The summed E-state index contributed by atoms with van der Waals surface area (Å²) >= 11 is 0. The molecule has 0 aliphatic rings. The summed E-state index contributed by atoms with van der Waals surface area (Å²) in [5, 5.41) is 11.3. The lowest BCUT2D eigenvalue weighted by atomic mass is 10.1. The van der Waals surface area contributed by atoms with E-state index in [1.165, 1.54) is 24.7 Å². The second-order valence-corrected chi connectivity index (χ2v) is 6.26. The van der Waals surface area contributed by atoms with Crippen molar-refractivity contribution < 1.29 is 9.18 Å². The fraction of sp³-hybridized carbons (Fsp3) is 0.150. The van der Waals surface area contributed by atoms with Crippen molar-refractivity contribution in [3.05, 3.63) is 84.1 Å². The Hall–Kier alpha value is -3.88. The van der Waals surface area contributed by atoms with Crippen LogP contribution in [0.1, 0.15) is 28.5 Å². The quantitative estimate of drug-likeness (QED) is 0.545. The molecule has 0 atom stereocenters. The normalized spacial score (nSPS) is 10.8. The fourth-order valence-electron chi connectivity index (χ4n) is 3.07. The Morgan fingerprint density at radius 2 is 2.00 bits per heavy atom. The maximum Gasteiger partial charge on any atom is 0.255 e. The zero-order valence-electron chi connectivity index (χ0n) is 15.7. The summed E-state index contributed by atoms with van der Waals surface area (Å²) in [5.41, 5.74) is 2.72. The van der Waals surface area contributed by atoms with Gasteiger partial charge in [-0.15, -0.1) is 0 Å². The van der Waals surface area contributed by atoms with Gasteiger partial charge in [-0.05, 0) is 36.8 Å². The van der Waals surface area contributed by atoms with Gasteiger partial charge >= 0.3 is 0 Å². The molecule has 0 aliphatic heterocycles. The summed E-state index contributed by atoms with van der Waals surface area (Å²) in [7, 11) is 0. The number of hydrogen-bond donors (Lipinski definition) is 1. The molecule has 4 aromatic rings. The smallest absolute Gasteiger partial charge is 0.255 e. The first-order valence-electron chi connectivity index (χ1n) is 9.07. The second-order valence-electron chi connectivity index (χ2n) is 6.26. The zero-order valence-corrected chi connectivity index (χ0v) is 15.7. The topological polar surface area (TPSA) is 90.5 Å². The minimum Gasteiger partial charge on any atom is -0.348 e. The lowest BCUT2D eigenvalue weighted by Gasteiger charge is -2.10. The van der Waals surface area contributed by atoms with Gasteiger partial charge in [0.15, 0.2) is 5.82 Å². The Morgan fingerprint density at radius 1 is 1.17 bits per heavy atom. The summed E-state index contributed by atoms with van der Waals surface area (Å²) in [5.74, 6) is 0.0307. The highest BCUT2D eigenvalue weighted by atomic mass is 19.1. The first-order valence-corrected chi connectivity index (χ1v) is 9.07. The van der Waals surface area contributed by atoms with E-state index in [-0.39, 0.29) is 18.3 Å². The van der Waals surface area contributed by atoms with Crippen molar-refractivity contribution >= 4 is 5.91 Å². The molecule has 0 saturated carbocycles. The summed E-state index contributed by atoms with van der Waals surface area (Å²) in [6.07, 6.45) is 6.75. The lowest BCUT2D eigenvalue weighted by molar-refractivity contribution is 0.0950. The predicted octanol–water partition coefficient (Wildman–Crippen LogP) is 2.48. The lowest BCUT2D eigenvalue weighted by Crippen LogP contribution is -2.24. The number of rotatable bonds is 6. The Morgan fingerprint density at radius 3 is 2.72 bits per heavy atom. The molecule has 0 unspecified atom stereocenters. The number of nitrogens with one attached hydrogen (secondary N) is 1. The van der Waals surface area contributed by atoms with Gasteiger partial charge in [-0.25, -0.2) is 23.7 Å². The number of carbonyl (C=O) groups excluding carboxylic acids is 1. The highest BCUT2D eigenvalue weighted by Gasteiger charge is 2.18. The van der Waals surface area contributed by atoms with Crippen molar-refractivity contribution in [3.8, 4) is 11.5 Å². The van der Waals surface area contributed by atoms with Gasteiger partial charge in [0, 0.05) is 18.3 Å². The molecule has 9 heteroatoms. The fourth-order valence-corrected chi connectivity index (χ4v) is 3.07. The number of hydrogen-bond acceptors (Lipinski definition) is 5. The van der Waals surface area contributed by atoms with Crippen LogP contribution in [0.25, 0.3) is 11.5 Å². The monoisotopic (exact) mass is 391 g/mol. The molecule has 29 heavy (non-hydrogen) atoms. The van der Waals surface area contributed by atoms with E-state index in [1.54, 1.807) is 40.1 Å². The number of pyridine rings is 1. The van der Waals surface area contributed by atoms with Crippen LogP contribution < -0.4 is 5.32 Å². The average Bonchev–Trinajstić information content (AvgIpc) is 3.42. The molecule has 0 saturated heterocycles. The van der Waals surface area contributed by atoms with Crippen LogP contribution in [-0.2, 0) is 13.0 Å². The number of halogens is 1. The van der Waals surface area contributed by atoms with Crippen molar-refractivity contribution in [3.63, 3.8) is 0 Å². The van der Waals surface area contributed by atoms with Gasteiger partial charge in [0.25, 0.3) is 5.91 Å². The Kier molecular flexibility index (Phi) is 5.10. The molecule has 0 spiro atoms. The highest BCUT2D eigenvalue weighted by Crippen LogP contribution is 2.17. The minimum atomic E-state index is -0.323. The van der Waals surface area contributed by atoms with Crippen molar-refractivity contribution in [2.75, 3.05) is 0 Å². The molecule has 0 radical (unpaired) electrons. The number of nitrogens with zero attached hydrogens (tertiary/aromatic N) is 6. The van der Waals surface area contributed by atoms with Crippen molar-refractivity contribution in [1.82, 2.24) is 34.8 Å².